The highest BCUT2D eigenvalue weighted by molar-refractivity contribution is 6.32. The summed E-state index contributed by atoms with van der Waals surface area (Å²) >= 11 is 5.83. The van der Waals surface area contributed by atoms with Crippen molar-refractivity contribution in [3.05, 3.63) is 52.5 Å². The number of hydrogen-bond acceptors (Lipinski definition) is 3. The number of hydrogen-bond donors (Lipinski definition) is 3. The highest BCUT2D eigenvalue weighted by Gasteiger charge is 2.01. The molecule has 4 heteroatoms. The third kappa shape index (κ3) is 2.87. The third-order valence-corrected chi connectivity index (χ3v) is 3.01. The van der Waals surface area contributed by atoms with E-state index in [1.807, 2.05) is 25.1 Å². The van der Waals surface area contributed by atoms with E-state index in [9.17, 15) is 10.2 Å². The van der Waals surface area contributed by atoms with Gasteiger partial charge in [-0.15, -0.1) is 0 Å². The van der Waals surface area contributed by atoms with Crippen LogP contribution in [0.3, 0.4) is 0 Å². The standard InChI is InChI=1S/C14H14ClNO2/c1-9-6-11(3-5-13(9)17)16-8-10-2-4-14(18)12(15)7-10/h2-7,16-18H,8H2,1H3. The fourth-order valence-corrected chi connectivity index (χ4v) is 1.83. The van der Waals surface area contributed by atoms with Gasteiger partial charge in [-0.2, -0.15) is 0 Å². The zero-order valence-electron chi connectivity index (χ0n) is 9.94. The first kappa shape index (κ1) is 12.6. The van der Waals surface area contributed by atoms with Crippen LogP contribution in [0.1, 0.15) is 11.1 Å². The second-order valence-electron chi connectivity index (χ2n) is 4.14. The van der Waals surface area contributed by atoms with Crippen LogP contribution in [-0.2, 0) is 6.54 Å². The SMILES string of the molecule is Cc1cc(NCc2ccc(O)c(Cl)c2)ccc1O. The Kier molecular flexibility index (Phi) is 3.63. The van der Waals surface area contributed by atoms with E-state index in [1.54, 1.807) is 18.2 Å². The van der Waals surface area contributed by atoms with E-state index in [1.165, 1.54) is 0 Å². The molecule has 0 spiro atoms. The molecule has 94 valence electrons. The van der Waals surface area contributed by atoms with E-state index in [0.717, 1.165) is 16.8 Å². The maximum Gasteiger partial charge on any atom is 0.134 e. The first-order valence-electron chi connectivity index (χ1n) is 5.57. The number of benzene rings is 2. The Morgan fingerprint density at radius 1 is 1.06 bits per heavy atom. The predicted molar refractivity (Wildman–Crippen MR) is 73.3 cm³/mol. The van der Waals surface area contributed by atoms with E-state index in [4.69, 9.17) is 11.6 Å². The van der Waals surface area contributed by atoms with Crippen molar-refractivity contribution in [3.8, 4) is 11.5 Å². The van der Waals surface area contributed by atoms with E-state index in [2.05, 4.69) is 5.32 Å². The van der Waals surface area contributed by atoms with Crippen molar-refractivity contribution in [1.29, 1.82) is 0 Å². The Balaban J connectivity index is 2.06. The average Bonchev–Trinajstić information content (AvgIpc) is 2.35. The Morgan fingerprint density at radius 3 is 2.44 bits per heavy atom. The van der Waals surface area contributed by atoms with Crippen molar-refractivity contribution in [2.24, 2.45) is 0 Å². The van der Waals surface area contributed by atoms with Crippen LogP contribution in [0.5, 0.6) is 11.5 Å². The summed E-state index contributed by atoms with van der Waals surface area (Å²) in [6.07, 6.45) is 0. The zero-order valence-corrected chi connectivity index (χ0v) is 10.7. The summed E-state index contributed by atoms with van der Waals surface area (Å²) in [5, 5.41) is 22.3. The van der Waals surface area contributed by atoms with Gasteiger partial charge in [0.1, 0.15) is 11.5 Å². The molecule has 3 N–H and O–H groups in total. The van der Waals surface area contributed by atoms with Crippen LogP contribution in [0.4, 0.5) is 5.69 Å². The van der Waals surface area contributed by atoms with Crippen LogP contribution in [-0.4, -0.2) is 10.2 Å². The van der Waals surface area contributed by atoms with Gasteiger partial charge in [-0.05, 0) is 48.4 Å². The molecule has 0 aliphatic carbocycles. The lowest BCUT2D eigenvalue weighted by Gasteiger charge is -2.09. The van der Waals surface area contributed by atoms with E-state index in [-0.39, 0.29) is 11.5 Å². The second kappa shape index (κ2) is 5.19. The topological polar surface area (TPSA) is 52.5 Å². The minimum atomic E-state index is 0.0842. The van der Waals surface area contributed by atoms with E-state index < -0.39 is 0 Å². The molecule has 0 fully saturated rings. The van der Waals surface area contributed by atoms with Gasteiger partial charge in [0.05, 0.1) is 5.02 Å². The molecule has 2 rings (SSSR count). The molecule has 0 aliphatic heterocycles. The molecule has 2 aromatic carbocycles. The third-order valence-electron chi connectivity index (χ3n) is 2.71. The van der Waals surface area contributed by atoms with Crippen LogP contribution >= 0.6 is 11.6 Å². The van der Waals surface area contributed by atoms with Crippen LogP contribution in [0, 0.1) is 6.92 Å². The Labute approximate surface area is 111 Å². The number of aromatic hydroxyl groups is 2. The largest absolute Gasteiger partial charge is 0.508 e. The lowest BCUT2D eigenvalue weighted by atomic mass is 10.2. The van der Waals surface area contributed by atoms with Crippen molar-refractivity contribution in [3.63, 3.8) is 0 Å². The summed E-state index contributed by atoms with van der Waals surface area (Å²) in [6, 6.07) is 10.4. The van der Waals surface area contributed by atoms with Gasteiger partial charge in [0.15, 0.2) is 0 Å². The average molecular weight is 264 g/mol. The van der Waals surface area contributed by atoms with Gasteiger partial charge in [0.25, 0.3) is 0 Å². The van der Waals surface area contributed by atoms with Crippen molar-refractivity contribution in [2.75, 3.05) is 5.32 Å². The smallest absolute Gasteiger partial charge is 0.134 e. The lowest BCUT2D eigenvalue weighted by Crippen LogP contribution is -1.99. The molecule has 0 unspecified atom stereocenters. The lowest BCUT2D eigenvalue weighted by molar-refractivity contribution is 0.471. The van der Waals surface area contributed by atoms with Crippen molar-refractivity contribution >= 4 is 17.3 Å². The monoisotopic (exact) mass is 263 g/mol. The van der Waals surface area contributed by atoms with E-state index in [0.29, 0.717) is 11.6 Å². The summed E-state index contributed by atoms with van der Waals surface area (Å²) in [6.45, 7) is 2.45. The molecule has 0 radical (unpaired) electrons. The molecule has 2 aromatic rings. The second-order valence-corrected chi connectivity index (χ2v) is 4.55. The Bertz CT molecular complexity index is 518. The summed E-state index contributed by atoms with van der Waals surface area (Å²) in [5.74, 6) is 0.370. The number of nitrogens with one attached hydrogen (secondary N) is 1. The van der Waals surface area contributed by atoms with Gasteiger partial charge < -0.3 is 15.5 Å². The molecule has 0 saturated carbocycles. The predicted octanol–water partition coefficient (Wildman–Crippen LogP) is 3.67. The molecule has 0 aliphatic rings. The number of halogens is 1. The molecule has 0 saturated heterocycles. The molecular weight excluding hydrogens is 250 g/mol. The van der Waals surface area contributed by atoms with Crippen LogP contribution in [0.15, 0.2) is 36.4 Å². The molecule has 18 heavy (non-hydrogen) atoms. The molecule has 0 atom stereocenters. The van der Waals surface area contributed by atoms with Gasteiger partial charge in [0, 0.05) is 12.2 Å². The number of phenols is 2. The molecule has 0 aromatic heterocycles. The van der Waals surface area contributed by atoms with E-state index >= 15 is 0 Å². The van der Waals surface area contributed by atoms with Gasteiger partial charge >= 0.3 is 0 Å². The van der Waals surface area contributed by atoms with Gasteiger partial charge in [-0.1, -0.05) is 17.7 Å². The number of rotatable bonds is 3. The minimum Gasteiger partial charge on any atom is -0.508 e. The highest BCUT2D eigenvalue weighted by atomic mass is 35.5. The maximum atomic E-state index is 9.42. The minimum absolute atomic E-state index is 0.0842. The maximum absolute atomic E-state index is 9.42. The summed E-state index contributed by atoms with van der Waals surface area (Å²) < 4.78 is 0. The van der Waals surface area contributed by atoms with Crippen molar-refractivity contribution in [1.82, 2.24) is 0 Å². The number of anilines is 1. The fourth-order valence-electron chi connectivity index (χ4n) is 1.63. The Hall–Kier alpha value is -1.87. The molecule has 0 bridgehead atoms. The van der Waals surface area contributed by atoms with Gasteiger partial charge in [-0.25, -0.2) is 0 Å². The summed E-state index contributed by atoms with van der Waals surface area (Å²) in [7, 11) is 0. The fraction of sp³-hybridized carbons (Fsp3) is 0.143. The normalized spacial score (nSPS) is 10.3. The van der Waals surface area contributed by atoms with Crippen LogP contribution in [0.2, 0.25) is 5.02 Å². The first-order chi connectivity index (χ1) is 8.56. The van der Waals surface area contributed by atoms with Gasteiger partial charge in [0.2, 0.25) is 0 Å². The first-order valence-corrected chi connectivity index (χ1v) is 5.95. The molecule has 3 nitrogen and oxygen atoms in total. The van der Waals surface area contributed by atoms with Crippen molar-refractivity contribution < 1.29 is 10.2 Å². The van der Waals surface area contributed by atoms with Crippen LogP contribution < -0.4 is 5.32 Å². The Morgan fingerprint density at radius 2 is 1.78 bits per heavy atom. The molecule has 0 heterocycles. The number of aryl methyl sites for hydroxylation is 1. The van der Waals surface area contributed by atoms with Crippen LogP contribution in [0.25, 0.3) is 0 Å². The zero-order chi connectivity index (χ0) is 13.1. The quantitative estimate of drug-likeness (QED) is 0.741. The van der Waals surface area contributed by atoms with Gasteiger partial charge in [-0.3, -0.25) is 0 Å². The molecular formula is C14H14ClNO2. The highest BCUT2D eigenvalue weighted by Crippen LogP contribution is 2.25. The summed E-state index contributed by atoms with van der Waals surface area (Å²) in [5.41, 5.74) is 2.72. The summed E-state index contributed by atoms with van der Waals surface area (Å²) in [4.78, 5) is 0. The van der Waals surface area contributed by atoms with Crippen molar-refractivity contribution in [2.45, 2.75) is 13.5 Å². The molecule has 0 amide bonds. The number of phenolic OH excluding ortho intramolecular Hbond substituents is 2.